The van der Waals surface area contributed by atoms with Crippen LogP contribution in [0.1, 0.15) is 43.5 Å². The summed E-state index contributed by atoms with van der Waals surface area (Å²) in [6.07, 6.45) is 3.14. The first-order valence-electron chi connectivity index (χ1n) is 7.04. The maximum Gasteiger partial charge on any atom is 0.242 e. The minimum atomic E-state index is -0.331. The van der Waals surface area contributed by atoms with E-state index in [0.717, 1.165) is 36.9 Å². The van der Waals surface area contributed by atoms with Crippen LogP contribution in [0.2, 0.25) is 0 Å². The van der Waals surface area contributed by atoms with E-state index in [1.807, 2.05) is 13.8 Å². The lowest BCUT2D eigenvalue weighted by molar-refractivity contribution is -0.123. The number of piperidine rings is 1. The van der Waals surface area contributed by atoms with Gasteiger partial charge in [0, 0.05) is 6.54 Å². The molecule has 1 aromatic rings. The number of anilines is 1. The Morgan fingerprint density at radius 1 is 1.40 bits per heavy atom. The van der Waals surface area contributed by atoms with Crippen LogP contribution in [0, 0.1) is 11.3 Å². The highest BCUT2D eigenvalue weighted by Gasteiger charge is 2.24. The molecule has 1 fully saturated rings. The number of nitrogens with one attached hydrogen (secondary N) is 2. The maximum atomic E-state index is 11.8. The van der Waals surface area contributed by atoms with Crippen LogP contribution in [0.25, 0.3) is 0 Å². The van der Waals surface area contributed by atoms with E-state index in [4.69, 9.17) is 0 Å². The first-order valence-corrected chi connectivity index (χ1v) is 7.04. The third-order valence-electron chi connectivity index (χ3n) is 3.55. The molecule has 0 bridgehead atoms. The van der Waals surface area contributed by atoms with E-state index in [2.05, 4.69) is 26.9 Å². The van der Waals surface area contributed by atoms with E-state index in [1.165, 1.54) is 0 Å². The van der Waals surface area contributed by atoms with Crippen LogP contribution in [0.4, 0.5) is 5.82 Å². The van der Waals surface area contributed by atoms with Crippen LogP contribution in [0.15, 0.2) is 0 Å². The molecule has 1 aliphatic rings. The summed E-state index contributed by atoms with van der Waals surface area (Å²) < 4.78 is 0. The molecule has 0 aromatic carbocycles. The van der Waals surface area contributed by atoms with Gasteiger partial charge in [-0.15, -0.1) is 5.10 Å². The molecular formula is C14H19N5O. The van der Waals surface area contributed by atoms with Crippen molar-refractivity contribution in [3.63, 3.8) is 0 Å². The SMILES string of the molecule is CCc1nnc(NC2CCCNC2=O)c(C#N)c1CC. The normalized spacial score (nSPS) is 18.2. The number of hydrogen-bond acceptors (Lipinski definition) is 5. The molecule has 1 amide bonds. The lowest BCUT2D eigenvalue weighted by Crippen LogP contribution is -2.44. The van der Waals surface area contributed by atoms with Crippen molar-refractivity contribution in [2.75, 3.05) is 11.9 Å². The zero-order chi connectivity index (χ0) is 14.5. The first-order chi connectivity index (χ1) is 9.71. The number of hydrogen-bond donors (Lipinski definition) is 2. The molecular weight excluding hydrogens is 254 g/mol. The largest absolute Gasteiger partial charge is 0.356 e. The minimum absolute atomic E-state index is 0.0421. The fourth-order valence-electron chi connectivity index (χ4n) is 2.47. The Labute approximate surface area is 118 Å². The number of nitriles is 1. The summed E-state index contributed by atoms with van der Waals surface area (Å²) in [5.74, 6) is 0.378. The Balaban J connectivity index is 2.32. The van der Waals surface area contributed by atoms with Crippen LogP contribution in [0.5, 0.6) is 0 Å². The highest BCUT2D eigenvalue weighted by Crippen LogP contribution is 2.21. The van der Waals surface area contributed by atoms with Crippen LogP contribution in [-0.4, -0.2) is 28.7 Å². The van der Waals surface area contributed by atoms with Crippen LogP contribution < -0.4 is 10.6 Å². The molecule has 1 saturated heterocycles. The fraction of sp³-hybridized carbons (Fsp3) is 0.571. The van der Waals surface area contributed by atoms with E-state index >= 15 is 0 Å². The smallest absolute Gasteiger partial charge is 0.242 e. The summed E-state index contributed by atoms with van der Waals surface area (Å²) in [6.45, 7) is 4.70. The molecule has 0 saturated carbocycles. The number of carbonyl (C=O) groups excluding carboxylic acids is 1. The summed E-state index contributed by atoms with van der Waals surface area (Å²) in [5.41, 5.74) is 2.28. The number of amides is 1. The topological polar surface area (TPSA) is 90.7 Å². The summed E-state index contributed by atoms with van der Waals surface area (Å²) in [7, 11) is 0. The van der Waals surface area contributed by atoms with Gasteiger partial charge in [0.05, 0.1) is 5.69 Å². The first kappa shape index (κ1) is 14.3. The summed E-state index contributed by atoms with van der Waals surface area (Å²) >= 11 is 0. The Morgan fingerprint density at radius 3 is 2.80 bits per heavy atom. The number of carbonyl (C=O) groups is 1. The Bertz CT molecular complexity index is 549. The molecule has 2 N–H and O–H groups in total. The van der Waals surface area contributed by atoms with Crippen LogP contribution in [0.3, 0.4) is 0 Å². The van der Waals surface area contributed by atoms with E-state index in [0.29, 0.717) is 17.9 Å². The van der Waals surface area contributed by atoms with Crippen molar-refractivity contribution in [3.8, 4) is 6.07 Å². The monoisotopic (exact) mass is 273 g/mol. The standard InChI is InChI=1S/C14H19N5O/c1-3-9-10(8-15)13(19-18-11(9)4-2)17-12-6-5-7-16-14(12)20/h12H,3-7H2,1-2H3,(H,16,20)(H,17,19). The van der Waals surface area contributed by atoms with Crippen molar-refractivity contribution in [3.05, 3.63) is 16.8 Å². The molecule has 0 radical (unpaired) electrons. The van der Waals surface area contributed by atoms with E-state index in [-0.39, 0.29) is 11.9 Å². The lowest BCUT2D eigenvalue weighted by atomic mass is 10.0. The Kier molecular flexibility index (Phi) is 4.51. The predicted molar refractivity (Wildman–Crippen MR) is 75.2 cm³/mol. The van der Waals surface area contributed by atoms with E-state index in [9.17, 15) is 10.1 Å². The zero-order valence-electron chi connectivity index (χ0n) is 11.9. The quantitative estimate of drug-likeness (QED) is 0.859. The minimum Gasteiger partial charge on any atom is -0.356 e. The van der Waals surface area contributed by atoms with Gasteiger partial charge in [-0.1, -0.05) is 13.8 Å². The van der Waals surface area contributed by atoms with Gasteiger partial charge in [0.2, 0.25) is 5.91 Å². The van der Waals surface area contributed by atoms with Crippen molar-refractivity contribution in [1.82, 2.24) is 15.5 Å². The third kappa shape index (κ3) is 2.72. The lowest BCUT2D eigenvalue weighted by Gasteiger charge is -2.23. The Hall–Kier alpha value is -2.16. The second-order valence-electron chi connectivity index (χ2n) is 4.80. The molecule has 0 spiro atoms. The van der Waals surface area contributed by atoms with Gasteiger partial charge in [0.15, 0.2) is 5.82 Å². The number of rotatable bonds is 4. The molecule has 1 atom stereocenters. The van der Waals surface area contributed by atoms with Gasteiger partial charge < -0.3 is 10.6 Å². The van der Waals surface area contributed by atoms with Gasteiger partial charge >= 0.3 is 0 Å². The van der Waals surface area contributed by atoms with Crippen molar-refractivity contribution in [1.29, 1.82) is 5.26 Å². The average Bonchev–Trinajstić information content (AvgIpc) is 2.48. The molecule has 0 aliphatic carbocycles. The summed E-state index contributed by atoms with van der Waals surface area (Å²) in [4.78, 5) is 11.8. The van der Waals surface area contributed by atoms with Gasteiger partial charge in [0.1, 0.15) is 17.7 Å². The van der Waals surface area contributed by atoms with Crippen molar-refractivity contribution < 1.29 is 4.79 Å². The number of aryl methyl sites for hydroxylation is 1. The molecule has 2 heterocycles. The van der Waals surface area contributed by atoms with Gasteiger partial charge in [-0.25, -0.2) is 0 Å². The number of aromatic nitrogens is 2. The molecule has 6 nitrogen and oxygen atoms in total. The molecule has 1 aromatic heterocycles. The predicted octanol–water partition coefficient (Wildman–Crippen LogP) is 1.16. The van der Waals surface area contributed by atoms with Gasteiger partial charge in [-0.3, -0.25) is 4.79 Å². The Morgan fingerprint density at radius 2 is 2.20 bits per heavy atom. The highest BCUT2D eigenvalue weighted by atomic mass is 16.2. The van der Waals surface area contributed by atoms with E-state index in [1.54, 1.807) is 0 Å². The van der Waals surface area contributed by atoms with Crippen LogP contribution in [-0.2, 0) is 17.6 Å². The molecule has 1 aliphatic heterocycles. The molecule has 6 heteroatoms. The third-order valence-corrected chi connectivity index (χ3v) is 3.55. The second kappa shape index (κ2) is 6.33. The maximum absolute atomic E-state index is 11.8. The molecule has 1 unspecified atom stereocenters. The zero-order valence-corrected chi connectivity index (χ0v) is 11.9. The summed E-state index contributed by atoms with van der Waals surface area (Å²) in [6, 6.07) is 1.87. The fourth-order valence-corrected chi connectivity index (χ4v) is 2.47. The highest BCUT2D eigenvalue weighted by molar-refractivity contribution is 5.85. The molecule has 20 heavy (non-hydrogen) atoms. The van der Waals surface area contributed by atoms with Crippen molar-refractivity contribution in [2.45, 2.75) is 45.6 Å². The van der Waals surface area contributed by atoms with Gasteiger partial charge in [-0.05, 0) is 31.2 Å². The number of nitrogens with zero attached hydrogens (tertiary/aromatic N) is 3. The summed E-state index contributed by atoms with van der Waals surface area (Å²) in [5, 5.41) is 23.5. The van der Waals surface area contributed by atoms with Crippen LogP contribution >= 0.6 is 0 Å². The van der Waals surface area contributed by atoms with Crippen molar-refractivity contribution >= 4 is 11.7 Å². The van der Waals surface area contributed by atoms with Crippen molar-refractivity contribution in [2.24, 2.45) is 0 Å². The van der Waals surface area contributed by atoms with Gasteiger partial charge in [0.25, 0.3) is 0 Å². The molecule has 106 valence electrons. The van der Waals surface area contributed by atoms with E-state index < -0.39 is 0 Å². The molecule has 2 rings (SSSR count). The van der Waals surface area contributed by atoms with Gasteiger partial charge in [-0.2, -0.15) is 10.4 Å². The second-order valence-corrected chi connectivity index (χ2v) is 4.80. The average molecular weight is 273 g/mol.